The highest BCUT2D eigenvalue weighted by Gasteiger charge is 2.24. The molecule has 8 heteroatoms. The van der Waals surface area contributed by atoms with Gasteiger partial charge in [-0.05, 0) is 12.8 Å². The number of anilines is 2. The number of nitrogens with two attached hydrogens (primary N) is 1. The van der Waals surface area contributed by atoms with E-state index in [4.69, 9.17) is 10.5 Å². The van der Waals surface area contributed by atoms with Gasteiger partial charge in [0.05, 0.1) is 17.6 Å². The SMILES string of the molecule is CCOCC(Nc1ncnc(N)c1[N+](=O)[O-])C(C)C. The smallest absolute Gasteiger partial charge is 0.352 e. The molecule has 1 rings (SSSR count). The first-order valence-corrected chi connectivity index (χ1v) is 6.06. The molecule has 0 saturated heterocycles. The van der Waals surface area contributed by atoms with E-state index in [1.54, 1.807) is 0 Å². The molecule has 106 valence electrons. The molecule has 0 aliphatic heterocycles. The highest BCUT2D eigenvalue weighted by Crippen LogP contribution is 2.27. The van der Waals surface area contributed by atoms with E-state index in [1.165, 1.54) is 6.33 Å². The molecule has 0 aliphatic carbocycles. The van der Waals surface area contributed by atoms with E-state index >= 15 is 0 Å². The summed E-state index contributed by atoms with van der Waals surface area (Å²) in [5.74, 6) is 0.194. The number of aromatic nitrogens is 2. The fourth-order valence-electron chi connectivity index (χ4n) is 1.50. The summed E-state index contributed by atoms with van der Waals surface area (Å²) in [4.78, 5) is 17.9. The van der Waals surface area contributed by atoms with Crippen LogP contribution in [0.3, 0.4) is 0 Å². The highest BCUT2D eigenvalue weighted by molar-refractivity contribution is 5.67. The quantitative estimate of drug-likeness (QED) is 0.568. The molecule has 0 saturated carbocycles. The molecule has 0 aromatic carbocycles. The van der Waals surface area contributed by atoms with Crippen LogP contribution in [0.15, 0.2) is 6.33 Å². The minimum Gasteiger partial charge on any atom is -0.380 e. The monoisotopic (exact) mass is 269 g/mol. The van der Waals surface area contributed by atoms with E-state index in [0.29, 0.717) is 13.2 Å². The maximum Gasteiger partial charge on any atom is 0.352 e. The second kappa shape index (κ2) is 6.83. The normalized spacial score (nSPS) is 12.4. The summed E-state index contributed by atoms with van der Waals surface area (Å²) in [5.41, 5.74) is 5.21. The lowest BCUT2D eigenvalue weighted by Crippen LogP contribution is -2.31. The van der Waals surface area contributed by atoms with Crippen molar-refractivity contribution in [3.63, 3.8) is 0 Å². The van der Waals surface area contributed by atoms with Crippen molar-refractivity contribution in [3.05, 3.63) is 16.4 Å². The van der Waals surface area contributed by atoms with Crippen LogP contribution in [0.1, 0.15) is 20.8 Å². The lowest BCUT2D eigenvalue weighted by atomic mass is 10.1. The number of ether oxygens (including phenoxy) is 1. The zero-order valence-electron chi connectivity index (χ0n) is 11.3. The summed E-state index contributed by atoms with van der Waals surface area (Å²) < 4.78 is 5.35. The Morgan fingerprint density at radius 3 is 2.74 bits per heavy atom. The Kier molecular flexibility index (Phi) is 5.43. The van der Waals surface area contributed by atoms with Gasteiger partial charge in [0.2, 0.25) is 11.6 Å². The molecule has 1 aromatic heterocycles. The van der Waals surface area contributed by atoms with Gasteiger partial charge in [0, 0.05) is 6.61 Å². The fraction of sp³-hybridized carbons (Fsp3) is 0.636. The van der Waals surface area contributed by atoms with Crippen LogP contribution < -0.4 is 11.1 Å². The molecule has 1 aromatic rings. The van der Waals surface area contributed by atoms with Gasteiger partial charge in [-0.2, -0.15) is 0 Å². The van der Waals surface area contributed by atoms with Crippen molar-refractivity contribution in [1.82, 2.24) is 9.97 Å². The number of hydrogen-bond donors (Lipinski definition) is 2. The molecule has 0 aliphatic rings. The fourth-order valence-corrected chi connectivity index (χ4v) is 1.50. The van der Waals surface area contributed by atoms with Crippen molar-refractivity contribution in [2.75, 3.05) is 24.3 Å². The maximum atomic E-state index is 11.0. The van der Waals surface area contributed by atoms with Gasteiger partial charge < -0.3 is 15.8 Å². The number of nitrogens with zero attached hydrogens (tertiary/aromatic N) is 3. The molecule has 1 unspecified atom stereocenters. The lowest BCUT2D eigenvalue weighted by molar-refractivity contribution is -0.383. The lowest BCUT2D eigenvalue weighted by Gasteiger charge is -2.22. The Morgan fingerprint density at radius 2 is 2.21 bits per heavy atom. The van der Waals surface area contributed by atoms with Gasteiger partial charge in [0.1, 0.15) is 6.33 Å². The zero-order chi connectivity index (χ0) is 14.4. The molecular weight excluding hydrogens is 250 g/mol. The maximum absolute atomic E-state index is 11.0. The number of rotatable bonds is 7. The summed E-state index contributed by atoms with van der Waals surface area (Å²) in [6, 6.07) is -0.0899. The van der Waals surface area contributed by atoms with E-state index < -0.39 is 4.92 Å². The third kappa shape index (κ3) is 4.02. The van der Waals surface area contributed by atoms with Gasteiger partial charge in [-0.25, -0.2) is 9.97 Å². The Balaban J connectivity index is 2.96. The highest BCUT2D eigenvalue weighted by atomic mass is 16.6. The predicted molar refractivity (Wildman–Crippen MR) is 71.8 cm³/mol. The Hall–Kier alpha value is -1.96. The van der Waals surface area contributed by atoms with E-state index in [2.05, 4.69) is 15.3 Å². The second-order valence-corrected chi connectivity index (χ2v) is 4.37. The zero-order valence-corrected chi connectivity index (χ0v) is 11.3. The third-order valence-corrected chi connectivity index (χ3v) is 2.66. The van der Waals surface area contributed by atoms with E-state index in [1.807, 2.05) is 20.8 Å². The molecule has 0 spiro atoms. The summed E-state index contributed by atoms with van der Waals surface area (Å²) in [6.07, 6.45) is 1.20. The summed E-state index contributed by atoms with van der Waals surface area (Å²) >= 11 is 0. The molecule has 0 bridgehead atoms. The number of nitrogen functional groups attached to an aromatic ring is 1. The number of nitrogens with one attached hydrogen (secondary N) is 1. The Labute approximate surface area is 111 Å². The topological polar surface area (TPSA) is 116 Å². The molecular formula is C11H19N5O3. The van der Waals surface area contributed by atoms with E-state index in [0.717, 1.165) is 0 Å². The van der Waals surface area contributed by atoms with Crippen LogP contribution in [0.5, 0.6) is 0 Å². The van der Waals surface area contributed by atoms with Gasteiger partial charge in [-0.3, -0.25) is 10.1 Å². The molecule has 19 heavy (non-hydrogen) atoms. The van der Waals surface area contributed by atoms with Crippen LogP contribution in [0.25, 0.3) is 0 Å². The second-order valence-electron chi connectivity index (χ2n) is 4.37. The van der Waals surface area contributed by atoms with Crippen LogP contribution in [0, 0.1) is 16.0 Å². The minimum absolute atomic E-state index is 0.0899. The molecule has 8 nitrogen and oxygen atoms in total. The van der Waals surface area contributed by atoms with Gasteiger partial charge in [0.15, 0.2) is 0 Å². The number of nitro groups is 1. The molecule has 1 heterocycles. The van der Waals surface area contributed by atoms with Crippen molar-refractivity contribution in [3.8, 4) is 0 Å². The molecule has 0 fully saturated rings. The largest absolute Gasteiger partial charge is 0.380 e. The molecule has 0 radical (unpaired) electrons. The van der Waals surface area contributed by atoms with Gasteiger partial charge >= 0.3 is 5.69 Å². The van der Waals surface area contributed by atoms with Crippen LogP contribution in [0.4, 0.5) is 17.3 Å². The standard InChI is InChI=1S/C11H19N5O3/c1-4-19-5-8(7(2)3)15-11-9(16(17)18)10(12)13-6-14-11/h6-8H,4-5H2,1-3H3,(H3,12,13,14,15). The van der Waals surface area contributed by atoms with Crippen molar-refractivity contribution in [1.29, 1.82) is 0 Å². The first kappa shape index (κ1) is 15.1. The van der Waals surface area contributed by atoms with E-state index in [-0.39, 0.29) is 29.3 Å². The Bertz CT molecular complexity index is 438. The molecule has 3 N–H and O–H groups in total. The number of hydrogen-bond acceptors (Lipinski definition) is 7. The van der Waals surface area contributed by atoms with E-state index in [9.17, 15) is 10.1 Å². The third-order valence-electron chi connectivity index (χ3n) is 2.66. The van der Waals surface area contributed by atoms with Crippen LogP contribution in [0.2, 0.25) is 0 Å². The average Bonchev–Trinajstić information content (AvgIpc) is 2.33. The molecule has 1 atom stereocenters. The first-order valence-electron chi connectivity index (χ1n) is 6.06. The van der Waals surface area contributed by atoms with Crippen molar-refractivity contribution < 1.29 is 9.66 Å². The summed E-state index contributed by atoms with van der Waals surface area (Å²) in [7, 11) is 0. The van der Waals surface area contributed by atoms with Gasteiger partial charge in [-0.1, -0.05) is 13.8 Å². The van der Waals surface area contributed by atoms with Crippen molar-refractivity contribution in [2.45, 2.75) is 26.8 Å². The first-order chi connectivity index (χ1) is 8.97. The van der Waals surface area contributed by atoms with Gasteiger partial charge in [0.25, 0.3) is 0 Å². The van der Waals surface area contributed by atoms with Crippen LogP contribution in [-0.2, 0) is 4.74 Å². The molecule has 0 amide bonds. The minimum atomic E-state index is -0.588. The van der Waals surface area contributed by atoms with Crippen LogP contribution >= 0.6 is 0 Å². The summed E-state index contributed by atoms with van der Waals surface area (Å²) in [6.45, 7) is 6.90. The van der Waals surface area contributed by atoms with Gasteiger partial charge in [-0.15, -0.1) is 0 Å². The predicted octanol–water partition coefficient (Wildman–Crippen LogP) is 1.44. The average molecular weight is 269 g/mol. The summed E-state index contributed by atoms with van der Waals surface area (Å²) in [5, 5.41) is 14.0. The van der Waals surface area contributed by atoms with Crippen molar-refractivity contribution >= 4 is 17.3 Å². The Morgan fingerprint density at radius 1 is 1.53 bits per heavy atom. The van der Waals surface area contributed by atoms with Crippen molar-refractivity contribution in [2.24, 2.45) is 5.92 Å². The van der Waals surface area contributed by atoms with Crippen LogP contribution in [-0.4, -0.2) is 34.1 Å².